The fourth-order valence-corrected chi connectivity index (χ4v) is 3.83. The Labute approximate surface area is 168 Å². The summed E-state index contributed by atoms with van der Waals surface area (Å²) in [5.41, 5.74) is 3.61. The number of carbonyl (C=O) groups excluding carboxylic acids is 1. The molecule has 1 aliphatic heterocycles. The summed E-state index contributed by atoms with van der Waals surface area (Å²) in [6, 6.07) is 10.8. The molecule has 1 saturated heterocycles. The predicted molar refractivity (Wildman–Crippen MR) is 108 cm³/mol. The quantitative estimate of drug-likeness (QED) is 0.673. The second-order valence-corrected chi connectivity index (χ2v) is 7.97. The summed E-state index contributed by atoms with van der Waals surface area (Å²) < 4.78 is 5.78. The maximum absolute atomic E-state index is 12.7. The lowest BCUT2D eigenvalue weighted by atomic mass is 10.1. The molecule has 2 aliphatic rings. The van der Waals surface area contributed by atoms with Crippen LogP contribution in [0.5, 0.6) is 0 Å². The third-order valence-electron chi connectivity index (χ3n) is 5.49. The molecule has 1 saturated carbocycles. The normalized spacial score (nSPS) is 17.3. The first-order valence-corrected chi connectivity index (χ1v) is 10.1. The van der Waals surface area contributed by atoms with Crippen LogP contribution >= 0.6 is 11.6 Å². The zero-order valence-corrected chi connectivity index (χ0v) is 16.2. The van der Waals surface area contributed by atoms with Gasteiger partial charge in [0, 0.05) is 38.4 Å². The lowest BCUT2D eigenvalue weighted by Gasteiger charge is -2.33. The van der Waals surface area contributed by atoms with Crippen molar-refractivity contribution >= 4 is 34.8 Å². The fourth-order valence-electron chi connectivity index (χ4n) is 3.68. The molecular formula is C21H21ClN4O2. The number of amides is 1. The number of oxazole rings is 1. The van der Waals surface area contributed by atoms with Gasteiger partial charge in [0.05, 0.1) is 11.4 Å². The highest BCUT2D eigenvalue weighted by molar-refractivity contribution is 6.30. The molecule has 1 amide bonds. The molecule has 0 bridgehead atoms. The molecule has 7 heteroatoms. The van der Waals surface area contributed by atoms with Crippen LogP contribution in [0, 0.1) is 0 Å². The highest BCUT2D eigenvalue weighted by Gasteiger charge is 2.25. The molecule has 1 aliphatic carbocycles. The average molecular weight is 397 g/mol. The van der Waals surface area contributed by atoms with Crippen molar-refractivity contribution in [2.75, 3.05) is 31.1 Å². The van der Waals surface area contributed by atoms with Crippen LogP contribution in [0.1, 0.15) is 29.9 Å². The van der Waals surface area contributed by atoms with Crippen LogP contribution in [0.4, 0.5) is 6.01 Å². The molecule has 6 nitrogen and oxygen atoms in total. The number of rotatable bonds is 4. The Morgan fingerprint density at radius 2 is 1.89 bits per heavy atom. The number of benzene rings is 1. The van der Waals surface area contributed by atoms with Crippen LogP contribution in [-0.4, -0.2) is 47.0 Å². The molecule has 0 atom stereocenters. The number of anilines is 1. The number of hydrogen-bond donors (Lipinski definition) is 0. The Bertz CT molecular complexity index is 1000. The zero-order chi connectivity index (χ0) is 19.1. The van der Waals surface area contributed by atoms with Crippen LogP contribution in [0.3, 0.4) is 0 Å². The van der Waals surface area contributed by atoms with Gasteiger partial charge in [-0.2, -0.15) is 4.98 Å². The van der Waals surface area contributed by atoms with Gasteiger partial charge < -0.3 is 14.2 Å². The number of nitrogens with zero attached hydrogens (tertiary/aromatic N) is 4. The second-order valence-electron chi connectivity index (χ2n) is 7.53. The number of pyridine rings is 1. The van der Waals surface area contributed by atoms with E-state index in [9.17, 15) is 4.79 Å². The van der Waals surface area contributed by atoms with Gasteiger partial charge in [-0.1, -0.05) is 35.9 Å². The van der Waals surface area contributed by atoms with Crippen molar-refractivity contribution in [2.45, 2.75) is 25.2 Å². The Hall–Kier alpha value is -2.60. The molecule has 2 fully saturated rings. The summed E-state index contributed by atoms with van der Waals surface area (Å²) in [5.74, 6) is 0.917. The third-order valence-corrected chi connectivity index (χ3v) is 5.70. The van der Waals surface area contributed by atoms with Crippen molar-refractivity contribution in [3.8, 4) is 0 Å². The lowest BCUT2D eigenvalue weighted by molar-refractivity contribution is -0.130. The van der Waals surface area contributed by atoms with Crippen molar-refractivity contribution in [3.05, 3.63) is 52.7 Å². The molecule has 28 heavy (non-hydrogen) atoms. The van der Waals surface area contributed by atoms with E-state index in [-0.39, 0.29) is 5.91 Å². The Kier molecular flexibility index (Phi) is 4.43. The molecule has 144 valence electrons. The average Bonchev–Trinajstić information content (AvgIpc) is 3.48. The van der Waals surface area contributed by atoms with Crippen molar-refractivity contribution in [1.82, 2.24) is 14.9 Å². The van der Waals surface area contributed by atoms with E-state index in [0.717, 1.165) is 11.5 Å². The van der Waals surface area contributed by atoms with Crippen LogP contribution in [0.15, 0.2) is 40.9 Å². The highest BCUT2D eigenvalue weighted by Crippen LogP contribution is 2.39. The van der Waals surface area contributed by atoms with Gasteiger partial charge in [0.1, 0.15) is 0 Å². The number of halogens is 1. The van der Waals surface area contributed by atoms with Crippen LogP contribution in [0.2, 0.25) is 5.02 Å². The summed E-state index contributed by atoms with van der Waals surface area (Å²) in [4.78, 5) is 25.2. The number of hydrogen-bond acceptors (Lipinski definition) is 5. The maximum Gasteiger partial charge on any atom is 0.300 e. The Balaban J connectivity index is 1.19. The predicted octanol–water partition coefficient (Wildman–Crippen LogP) is 3.64. The van der Waals surface area contributed by atoms with Crippen molar-refractivity contribution in [2.24, 2.45) is 0 Å². The minimum absolute atomic E-state index is 0.171. The van der Waals surface area contributed by atoms with E-state index in [1.807, 2.05) is 9.80 Å². The number of piperazine rings is 1. The van der Waals surface area contributed by atoms with Gasteiger partial charge in [-0.05, 0) is 29.9 Å². The van der Waals surface area contributed by atoms with E-state index < -0.39 is 0 Å². The molecule has 0 spiro atoms. The van der Waals surface area contributed by atoms with Crippen LogP contribution in [-0.2, 0) is 11.2 Å². The third kappa shape index (κ3) is 3.56. The molecular weight excluding hydrogens is 376 g/mol. The standard InChI is InChI=1S/C21H21ClN4O2/c22-17-12-18-20(23-13-17)24-21(28-18)26-9-7-25(8-10-26)19(27)11-14-1-3-15(4-2-14)16-5-6-16/h1-4,12-13,16H,5-11H2. The minimum atomic E-state index is 0.171. The van der Waals surface area contributed by atoms with Crippen molar-refractivity contribution in [3.63, 3.8) is 0 Å². The second kappa shape index (κ2) is 7.09. The van der Waals surface area contributed by atoms with Crippen molar-refractivity contribution in [1.29, 1.82) is 0 Å². The fraction of sp³-hybridized carbons (Fsp3) is 0.381. The van der Waals surface area contributed by atoms with E-state index in [0.29, 0.717) is 54.9 Å². The number of carbonyl (C=O) groups is 1. The van der Waals surface area contributed by atoms with Gasteiger partial charge in [0.2, 0.25) is 11.6 Å². The highest BCUT2D eigenvalue weighted by atomic mass is 35.5. The molecule has 0 N–H and O–H groups in total. The van der Waals surface area contributed by atoms with Gasteiger partial charge in [-0.15, -0.1) is 0 Å². The van der Waals surface area contributed by atoms with E-state index >= 15 is 0 Å². The van der Waals surface area contributed by atoms with E-state index in [2.05, 4.69) is 34.2 Å². The number of fused-ring (bicyclic) bond motifs is 1. The van der Waals surface area contributed by atoms with E-state index in [1.54, 1.807) is 12.3 Å². The van der Waals surface area contributed by atoms with E-state index in [1.165, 1.54) is 18.4 Å². The maximum atomic E-state index is 12.7. The topological polar surface area (TPSA) is 62.5 Å². The summed E-state index contributed by atoms with van der Waals surface area (Å²) in [5, 5.41) is 0.524. The SMILES string of the molecule is O=C(Cc1ccc(C2CC2)cc1)N1CCN(c2nc3ncc(Cl)cc3o2)CC1. The van der Waals surface area contributed by atoms with Crippen LogP contribution < -0.4 is 4.90 Å². The molecule has 3 heterocycles. The van der Waals surface area contributed by atoms with E-state index in [4.69, 9.17) is 16.0 Å². The largest absolute Gasteiger partial charge is 0.422 e. The van der Waals surface area contributed by atoms with Gasteiger partial charge in [0.15, 0.2) is 5.58 Å². The first-order chi connectivity index (χ1) is 13.7. The van der Waals surface area contributed by atoms with Crippen LogP contribution in [0.25, 0.3) is 11.2 Å². The summed E-state index contributed by atoms with van der Waals surface area (Å²) in [7, 11) is 0. The molecule has 3 aromatic rings. The molecule has 5 rings (SSSR count). The van der Waals surface area contributed by atoms with Gasteiger partial charge in [0.25, 0.3) is 6.01 Å². The van der Waals surface area contributed by atoms with Gasteiger partial charge >= 0.3 is 0 Å². The van der Waals surface area contributed by atoms with Gasteiger partial charge in [-0.3, -0.25) is 4.79 Å². The molecule has 2 aromatic heterocycles. The Morgan fingerprint density at radius 3 is 2.61 bits per heavy atom. The Morgan fingerprint density at radius 1 is 1.14 bits per heavy atom. The smallest absolute Gasteiger partial charge is 0.300 e. The summed E-state index contributed by atoms with van der Waals surface area (Å²) in [6.07, 6.45) is 4.61. The van der Waals surface area contributed by atoms with Gasteiger partial charge in [-0.25, -0.2) is 4.98 Å². The first kappa shape index (κ1) is 17.5. The summed E-state index contributed by atoms with van der Waals surface area (Å²) >= 11 is 5.95. The molecule has 0 unspecified atom stereocenters. The zero-order valence-electron chi connectivity index (χ0n) is 15.5. The molecule has 1 aromatic carbocycles. The summed E-state index contributed by atoms with van der Waals surface area (Å²) in [6.45, 7) is 2.69. The lowest BCUT2D eigenvalue weighted by Crippen LogP contribution is -2.49. The first-order valence-electron chi connectivity index (χ1n) is 9.69. The monoisotopic (exact) mass is 396 g/mol. The van der Waals surface area contributed by atoms with Crippen molar-refractivity contribution < 1.29 is 9.21 Å². The molecule has 0 radical (unpaired) electrons. The number of aromatic nitrogens is 2. The minimum Gasteiger partial charge on any atom is -0.422 e.